The molecule has 20 heavy (non-hydrogen) atoms. The molecule has 0 saturated heterocycles. The van der Waals surface area contributed by atoms with Crippen molar-refractivity contribution in [1.82, 2.24) is 10.2 Å². The number of aromatic amines is 1. The summed E-state index contributed by atoms with van der Waals surface area (Å²) in [7, 11) is -3.72. The van der Waals surface area contributed by atoms with Crippen LogP contribution in [0.1, 0.15) is 22.2 Å². The Morgan fingerprint density at radius 1 is 1.55 bits per heavy atom. The third kappa shape index (κ3) is 2.99. The normalized spacial score (nSPS) is 11.3. The fourth-order valence-electron chi connectivity index (χ4n) is 1.51. The zero-order valence-electron chi connectivity index (χ0n) is 10.8. The molecule has 0 fully saturated rings. The number of ether oxygens (including phenoxy) is 1. The van der Waals surface area contributed by atoms with Crippen molar-refractivity contribution in [3.63, 3.8) is 0 Å². The van der Waals surface area contributed by atoms with Crippen LogP contribution in [0, 0.1) is 6.92 Å². The predicted octanol–water partition coefficient (Wildman–Crippen LogP) is 1.76. The Kier molecular flexibility index (Phi) is 4.09. The van der Waals surface area contributed by atoms with Crippen molar-refractivity contribution in [3.8, 4) is 0 Å². The summed E-state index contributed by atoms with van der Waals surface area (Å²) in [5.74, 6) is -0.456. The monoisotopic (exact) mass is 315 g/mol. The Morgan fingerprint density at radius 2 is 2.30 bits per heavy atom. The van der Waals surface area contributed by atoms with Gasteiger partial charge in [0.15, 0.2) is 5.03 Å². The standard InChI is InChI=1S/C11H13N3O4S2/c1-3-18-11(15)10-7(2)6-8(19-10)14-20(16,17)9-4-5-12-13-9/h4-6,14H,3H2,1-2H3,(H,12,13). The average molecular weight is 315 g/mol. The lowest BCUT2D eigenvalue weighted by Crippen LogP contribution is -2.12. The fourth-order valence-corrected chi connectivity index (χ4v) is 3.67. The van der Waals surface area contributed by atoms with E-state index in [0.717, 1.165) is 11.3 Å². The second-order valence-electron chi connectivity index (χ2n) is 3.87. The number of nitrogens with one attached hydrogen (secondary N) is 2. The van der Waals surface area contributed by atoms with Crippen LogP contribution in [0.4, 0.5) is 5.00 Å². The fraction of sp³-hybridized carbons (Fsp3) is 0.273. The van der Waals surface area contributed by atoms with Crippen molar-refractivity contribution in [2.45, 2.75) is 18.9 Å². The summed E-state index contributed by atoms with van der Waals surface area (Å²) < 4.78 is 31.3. The summed E-state index contributed by atoms with van der Waals surface area (Å²) in [5.41, 5.74) is 0.663. The number of anilines is 1. The van der Waals surface area contributed by atoms with Gasteiger partial charge in [0.05, 0.1) is 12.8 Å². The third-order valence-electron chi connectivity index (χ3n) is 2.38. The van der Waals surface area contributed by atoms with Gasteiger partial charge in [-0.05, 0) is 31.5 Å². The molecule has 0 aromatic carbocycles. The van der Waals surface area contributed by atoms with Gasteiger partial charge in [-0.1, -0.05) is 0 Å². The number of H-pyrrole nitrogens is 1. The number of aromatic nitrogens is 2. The Hall–Kier alpha value is -1.87. The molecule has 0 aliphatic carbocycles. The Balaban J connectivity index is 2.23. The topological polar surface area (TPSA) is 101 Å². The molecule has 0 spiro atoms. The van der Waals surface area contributed by atoms with Crippen LogP contribution in [0.3, 0.4) is 0 Å². The number of rotatable bonds is 5. The minimum atomic E-state index is -3.72. The second-order valence-corrected chi connectivity index (χ2v) is 6.57. The molecule has 2 aromatic heterocycles. The first-order valence-corrected chi connectivity index (χ1v) is 8.03. The van der Waals surface area contributed by atoms with Crippen molar-refractivity contribution in [1.29, 1.82) is 0 Å². The molecular weight excluding hydrogens is 302 g/mol. The molecule has 0 saturated carbocycles. The highest BCUT2D eigenvalue weighted by Gasteiger charge is 2.20. The lowest BCUT2D eigenvalue weighted by molar-refractivity contribution is 0.0531. The lowest BCUT2D eigenvalue weighted by Gasteiger charge is -2.02. The van der Waals surface area contributed by atoms with Crippen LogP contribution in [0.5, 0.6) is 0 Å². The van der Waals surface area contributed by atoms with Gasteiger partial charge in [-0.2, -0.15) is 13.5 Å². The van der Waals surface area contributed by atoms with E-state index < -0.39 is 16.0 Å². The zero-order valence-corrected chi connectivity index (χ0v) is 12.5. The summed E-state index contributed by atoms with van der Waals surface area (Å²) >= 11 is 1.03. The van der Waals surface area contributed by atoms with Gasteiger partial charge in [0.2, 0.25) is 0 Å². The van der Waals surface area contributed by atoms with Crippen molar-refractivity contribution in [2.24, 2.45) is 0 Å². The number of hydrogen-bond donors (Lipinski definition) is 2. The predicted molar refractivity (Wildman–Crippen MR) is 74.4 cm³/mol. The molecule has 2 N–H and O–H groups in total. The van der Waals surface area contributed by atoms with Gasteiger partial charge >= 0.3 is 5.97 Å². The van der Waals surface area contributed by atoms with Gasteiger partial charge in [-0.25, -0.2) is 4.79 Å². The first kappa shape index (κ1) is 14.5. The molecule has 2 rings (SSSR count). The van der Waals surface area contributed by atoms with Gasteiger partial charge in [-0.3, -0.25) is 9.82 Å². The molecule has 0 unspecified atom stereocenters. The van der Waals surface area contributed by atoms with Crippen LogP contribution >= 0.6 is 11.3 Å². The summed E-state index contributed by atoms with van der Waals surface area (Å²) in [6.07, 6.45) is 1.35. The van der Waals surface area contributed by atoms with Gasteiger partial charge < -0.3 is 4.74 Å². The van der Waals surface area contributed by atoms with Gasteiger partial charge in [-0.15, -0.1) is 11.3 Å². The van der Waals surface area contributed by atoms with E-state index in [0.29, 0.717) is 15.4 Å². The van der Waals surface area contributed by atoms with Crippen molar-refractivity contribution in [3.05, 3.63) is 28.8 Å². The molecule has 108 valence electrons. The highest BCUT2D eigenvalue weighted by atomic mass is 32.2. The molecule has 0 bridgehead atoms. The number of thiophene rings is 1. The molecule has 9 heteroatoms. The highest BCUT2D eigenvalue weighted by molar-refractivity contribution is 7.92. The molecule has 0 aliphatic heterocycles. The van der Waals surface area contributed by atoms with Crippen LogP contribution in [0.15, 0.2) is 23.4 Å². The number of sulfonamides is 1. The Bertz CT molecular complexity index is 704. The Morgan fingerprint density at radius 3 is 2.90 bits per heavy atom. The maximum Gasteiger partial charge on any atom is 0.348 e. The van der Waals surface area contributed by atoms with E-state index in [1.165, 1.54) is 12.3 Å². The number of esters is 1. The average Bonchev–Trinajstić information content (AvgIpc) is 2.98. The van der Waals surface area contributed by atoms with E-state index in [1.807, 2.05) is 0 Å². The SMILES string of the molecule is CCOC(=O)c1sc(NS(=O)(=O)c2ccn[nH]2)cc1C. The van der Waals surface area contributed by atoms with E-state index in [1.54, 1.807) is 19.9 Å². The number of carbonyl (C=O) groups excluding carboxylic acids is 1. The smallest absolute Gasteiger partial charge is 0.348 e. The molecule has 0 aliphatic rings. The van der Waals surface area contributed by atoms with Gasteiger partial charge in [0.1, 0.15) is 9.88 Å². The van der Waals surface area contributed by atoms with Gasteiger partial charge in [0, 0.05) is 0 Å². The van der Waals surface area contributed by atoms with Crippen LogP contribution in [0.25, 0.3) is 0 Å². The number of carbonyl (C=O) groups is 1. The first-order chi connectivity index (χ1) is 9.44. The van der Waals surface area contributed by atoms with Crippen molar-refractivity contribution in [2.75, 3.05) is 11.3 Å². The third-order valence-corrected chi connectivity index (χ3v) is 4.94. The summed E-state index contributed by atoms with van der Waals surface area (Å²) in [6.45, 7) is 3.70. The minimum absolute atomic E-state index is 0.0405. The maximum atomic E-state index is 12.0. The molecule has 0 radical (unpaired) electrons. The summed E-state index contributed by atoms with van der Waals surface area (Å²) in [5, 5.41) is 6.27. The maximum absolute atomic E-state index is 12.0. The van der Waals surface area contributed by atoms with Crippen LogP contribution in [0.2, 0.25) is 0 Å². The van der Waals surface area contributed by atoms with Crippen LogP contribution in [-0.4, -0.2) is 31.2 Å². The minimum Gasteiger partial charge on any atom is -0.462 e. The summed E-state index contributed by atoms with van der Waals surface area (Å²) in [4.78, 5) is 12.1. The zero-order chi connectivity index (χ0) is 14.8. The van der Waals surface area contributed by atoms with E-state index in [2.05, 4.69) is 14.9 Å². The van der Waals surface area contributed by atoms with E-state index >= 15 is 0 Å². The number of nitrogens with zero attached hydrogens (tertiary/aromatic N) is 1. The van der Waals surface area contributed by atoms with Crippen molar-refractivity contribution < 1.29 is 17.9 Å². The quantitative estimate of drug-likeness (QED) is 0.819. The van der Waals surface area contributed by atoms with Crippen LogP contribution < -0.4 is 4.72 Å². The second kappa shape index (κ2) is 5.63. The number of hydrogen-bond acceptors (Lipinski definition) is 6. The molecule has 7 nitrogen and oxygen atoms in total. The van der Waals surface area contributed by atoms with Gasteiger partial charge in [0.25, 0.3) is 10.0 Å². The van der Waals surface area contributed by atoms with E-state index in [4.69, 9.17) is 4.74 Å². The summed E-state index contributed by atoms with van der Waals surface area (Å²) in [6, 6.07) is 2.93. The molecular formula is C11H13N3O4S2. The first-order valence-electron chi connectivity index (χ1n) is 5.74. The highest BCUT2D eigenvalue weighted by Crippen LogP contribution is 2.28. The lowest BCUT2D eigenvalue weighted by atomic mass is 10.3. The molecule has 0 atom stereocenters. The molecule has 2 aromatic rings. The van der Waals surface area contributed by atoms with E-state index in [-0.39, 0.29) is 11.6 Å². The van der Waals surface area contributed by atoms with Crippen LogP contribution in [-0.2, 0) is 14.8 Å². The Labute approximate surface area is 120 Å². The largest absolute Gasteiger partial charge is 0.462 e. The number of aryl methyl sites for hydroxylation is 1. The molecule has 2 heterocycles. The van der Waals surface area contributed by atoms with E-state index in [9.17, 15) is 13.2 Å². The molecule has 0 amide bonds. The van der Waals surface area contributed by atoms with Crippen molar-refractivity contribution >= 4 is 32.3 Å².